The number of carbonyl (C=O) groups is 1. The van der Waals surface area contributed by atoms with Crippen molar-refractivity contribution in [1.82, 2.24) is 10.3 Å². The Morgan fingerprint density at radius 3 is 2.31 bits per heavy atom. The van der Waals surface area contributed by atoms with Gasteiger partial charge in [0.2, 0.25) is 5.91 Å². The lowest BCUT2D eigenvalue weighted by Gasteiger charge is -2.22. The lowest BCUT2D eigenvalue weighted by molar-refractivity contribution is -0.117. The number of H-pyrrole nitrogens is 1. The van der Waals surface area contributed by atoms with E-state index in [1.165, 1.54) is 22.1 Å². The molecular weight excluding hydrogens is 394 g/mol. The van der Waals surface area contributed by atoms with E-state index in [1.54, 1.807) is 0 Å². The van der Waals surface area contributed by atoms with Crippen molar-refractivity contribution in [2.24, 2.45) is 0 Å². The van der Waals surface area contributed by atoms with Crippen LogP contribution in [0, 0.1) is 20.8 Å². The van der Waals surface area contributed by atoms with E-state index in [9.17, 15) is 4.79 Å². The number of para-hydroxylation sites is 1. The zero-order valence-electron chi connectivity index (χ0n) is 19.2. The Kier molecular flexibility index (Phi) is 6.42. The van der Waals surface area contributed by atoms with Gasteiger partial charge >= 0.3 is 0 Å². The Bertz CT molecular complexity index is 1200. The highest BCUT2D eigenvalue weighted by atomic mass is 16.2. The van der Waals surface area contributed by atoms with Crippen LogP contribution >= 0.6 is 0 Å². The van der Waals surface area contributed by atoms with Crippen molar-refractivity contribution in [3.05, 3.63) is 101 Å². The van der Waals surface area contributed by atoms with Gasteiger partial charge in [0.25, 0.3) is 0 Å². The molecule has 0 unspecified atom stereocenters. The molecular formula is C28H31N3O. The zero-order valence-corrected chi connectivity index (χ0v) is 19.2. The molecule has 32 heavy (non-hydrogen) atoms. The van der Waals surface area contributed by atoms with Gasteiger partial charge in [0.1, 0.15) is 0 Å². The summed E-state index contributed by atoms with van der Waals surface area (Å²) in [5, 5.41) is 7.82. The molecule has 4 rings (SSSR count). The van der Waals surface area contributed by atoms with Gasteiger partial charge in [-0.25, -0.2) is 0 Å². The number of aromatic nitrogens is 1. The van der Waals surface area contributed by atoms with Crippen LogP contribution in [-0.4, -0.2) is 23.5 Å². The first kappa shape index (κ1) is 21.8. The van der Waals surface area contributed by atoms with Crippen LogP contribution in [0.5, 0.6) is 0 Å². The molecule has 0 bridgehead atoms. The van der Waals surface area contributed by atoms with Crippen LogP contribution in [0.15, 0.2) is 72.9 Å². The minimum absolute atomic E-state index is 0.0224. The van der Waals surface area contributed by atoms with Gasteiger partial charge in [0.15, 0.2) is 0 Å². The molecule has 0 saturated carbocycles. The molecule has 164 valence electrons. The normalized spacial score (nSPS) is 13.1. The third-order valence-corrected chi connectivity index (χ3v) is 6.15. The number of carbonyl (C=O) groups excluding carboxylic acids is 1. The molecule has 2 atom stereocenters. The predicted octanol–water partition coefficient (Wildman–Crippen LogP) is 5.84. The highest BCUT2D eigenvalue weighted by Gasteiger charge is 2.21. The second-order valence-corrected chi connectivity index (χ2v) is 8.65. The molecule has 0 aliphatic rings. The molecule has 4 nitrogen and oxygen atoms in total. The number of rotatable bonds is 7. The van der Waals surface area contributed by atoms with Crippen molar-refractivity contribution in [1.29, 1.82) is 0 Å². The molecule has 0 radical (unpaired) electrons. The molecule has 0 fully saturated rings. The second-order valence-electron chi connectivity index (χ2n) is 8.65. The number of hydrogen-bond donors (Lipinski definition) is 3. The summed E-state index contributed by atoms with van der Waals surface area (Å²) in [5.41, 5.74) is 7.87. The molecule has 0 aliphatic heterocycles. The number of hydrogen-bond acceptors (Lipinski definition) is 2. The molecule has 0 spiro atoms. The Labute approximate surface area is 190 Å². The highest BCUT2D eigenvalue weighted by molar-refractivity contribution is 5.96. The minimum atomic E-state index is -0.327. The Morgan fingerprint density at radius 2 is 1.59 bits per heavy atom. The molecule has 4 heteroatoms. The van der Waals surface area contributed by atoms with Gasteiger partial charge < -0.3 is 15.6 Å². The highest BCUT2D eigenvalue weighted by Crippen LogP contribution is 2.30. The SMILES string of the molecule is Cc1cc(C)c(NC(=O)[C@H](C)NC[C@H](c2ccccc2)c2c[nH]c3ccccc23)c(C)c1. The molecule has 1 heterocycles. The summed E-state index contributed by atoms with van der Waals surface area (Å²) in [4.78, 5) is 16.4. The fraction of sp³-hybridized carbons (Fsp3) is 0.250. The Morgan fingerprint density at radius 1 is 0.938 bits per heavy atom. The molecule has 1 aromatic heterocycles. The fourth-order valence-electron chi connectivity index (χ4n) is 4.47. The van der Waals surface area contributed by atoms with Crippen molar-refractivity contribution in [3.63, 3.8) is 0 Å². The van der Waals surface area contributed by atoms with E-state index in [0.29, 0.717) is 6.54 Å². The van der Waals surface area contributed by atoms with E-state index >= 15 is 0 Å². The van der Waals surface area contributed by atoms with Crippen molar-refractivity contribution in [3.8, 4) is 0 Å². The van der Waals surface area contributed by atoms with Gasteiger partial charge in [-0.15, -0.1) is 0 Å². The lowest BCUT2D eigenvalue weighted by atomic mass is 9.90. The number of anilines is 1. The summed E-state index contributed by atoms with van der Waals surface area (Å²) in [5.74, 6) is 0.108. The fourth-order valence-corrected chi connectivity index (χ4v) is 4.47. The number of fused-ring (bicyclic) bond motifs is 1. The van der Waals surface area contributed by atoms with E-state index in [2.05, 4.69) is 83.3 Å². The maximum atomic E-state index is 13.0. The number of amides is 1. The standard InChI is InChI=1S/C28H31N3O/c1-18-14-19(2)27(20(3)15-18)31-28(32)21(4)29-16-24(22-10-6-5-7-11-22)25-17-30-26-13-9-8-12-23(25)26/h5-15,17,21,24,29-30H,16H2,1-4H3,(H,31,32)/t21-,24+/m0/s1. The summed E-state index contributed by atoms with van der Waals surface area (Å²) in [6.07, 6.45) is 2.09. The Balaban J connectivity index is 1.53. The van der Waals surface area contributed by atoms with Crippen LogP contribution in [0.4, 0.5) is 5.69 Å². The quantitative estimate of drug-likeness (QED) is 0.348. The largest absolute Gasteiger partial charge is 0.361 e. The molecule has 3 aromatic carbocycles. The summed E-state index contributed by atoms with van der Waals surface area (Å²) in [6.45, 7) is 8.73. The third kappa shape index (κ3) is 4.61. The average Bonchev–Trinajstić information content (AvgIpc) is 3.21. The maximum Gasteiger partial charge on any atom is 0.241 e. The van der Waals surface area contributed by atoms with Gasteiger partial charge in [-0.3, -0.25) is 4.79 Å². The first-order valence-corrected chi connectivity index (χ1v) is 11.2. The van der Waals surface area contributed by atoms with Crippen molar-refractivity contribution >= 4 is 22.5 Å². The summed E-state index contributed by atoms with van der Waals surface area (Å²) >= 11 is 0. The van der Waals surface area contributed by atoms with Crippen LogP contribution in [-0.2, 0) is 4.79 Å². The molecule has 4 aromatic rings. The van der Waals surface area contributed by atoms with Crippen molar-refractivity contribution in [2.45, 2.75) is 39.7 Å². The van der Waals surface area contributed by atoms with E-state index in [1.807, 2.05) is 32.9 Å². The van der Waals surface area contributed by atoms with Crippen LogP contribution < -0.4 is 10.6 Å². The van der Waals surface area contributed by atoms with Gasteiger partial charge in [0, 0.05) is 35.2 Å². The third-order valence-electron chi connectivity index (χ3n) is 6.15. The summed E-state index contributed by atoms with van der Waals surface area (Å²) < 4.78 is 0. The van der Waals surface area contributed by atoms with Gasteiger partial charge in [-0.1, -0.05) is 66.2 Å². The van der Waals surface area contributed by atoms with Gasteiger partial charge in [-0.2, -0.15) is 0 Å². The average molecular weight is 426 g/mol. The molecule has 0 aliphatic carbocycles. The first-order valence-electron chi connectivity index (χ1n) is 11.2. The zero-order chi connectivity index (χ0) is 22.7. The van der Waals surface area contributed by atoms with E-state index in [0.717, 1.165) is 22.3 Å². The minimum Gasteiger partial charge on any atom is -0.361 e. The topological polar surface area (TPSA) is 56.9 Å². The number of nitrogens with one attached hydrogen (secondary N) is 3. The Hall–Kier alpha value is -3.37. The van der Waals surface area contributed by atoms with Crippen LogP contribution in [0.1, 0.15) is 40.7 Å². The number of aryl methyl sites for hydroxylation is 3. The van der Waals surface area contributed by atoms with E-state index < -0.39 is 0 Å². The smallest absolute Gasteiger partial charge is 0.241 e. The number of benzene rings is 3. The molecule has 1 amide bonds. The monoisotopic (exact) mass is 425 g/mol. The van der Waals surface area contributed by atoms with Crippen molar-refractivity contribution < 1.29 is 4.79 Å². The van der Waals surface area contributed by atoms with Gasteiger partial charge in [-0.05, 0) is 56.0 Å². The lowest BCUT2D eigenvalue weighted by Crippen LogP contribution is -2.40. The second kappa shape index (κ2) is 9.41. The van der Waals surface area contributed by atoms with Crippen LogP contribution in [0.3, 0.4) is 0 Å². The van der Waals surface area contributed by atoms with Gasteiger partial charge in [0.05, 0.1) is 6.04 Å². The first-order chi connectivity index (χ1) is 15.4. The van der Waals surface area contributed by atoms with Crippen LogP contribution in [0.25, 0.3) is 10.9 Å². The van der Waals surface area contributed by atoms with Crippen LogP contribution in [0.2, 0.25) is 0 Å². The predicted molar refractivity (Wildman–Crippen MR) is 133 cm³/mol. The summed E-state index contributed by atoms with van der Waals surface area (Å²) in [6, 6.07) is 22.7. The molecule has 0 saturated heterocycles. The molecule has 3 N–H and O–H groups in total. The summed E-state index contributed by atoms with van der Waals surface area (Å²) in [7, 11) is 0. The van der Waals surface area contributed by atoms with E-state index in [-0.39, 0.29) is 17.9 Å². The number of aromatic amines is 1. The van der Waals surface area contributed by atoms with E-state index in [4.69, 9.17) is 0 Å². The van der Waals surface area contributed by atoms with Crippen molar-refractivity contribution in [2.75, 3.05) is 11.9 Å². The maximum absolute atomic E-state index is 13.0.